The third-order valence-electron chi connectivity index (χ3n) is 3.98. The van der Waals surface area contributed by atoms with Crippen LogP contribution in [0.2, 0.25) is 0 Å². The number of nitrogens with two attached hydrogens (primary N) is 1. The molecule has 1 aromatic carbocycles. The summed E-state index contributed by atoms with van der Waals surface area (Å²) in [4.78, 5) is 11.9. The Morgan fingerprint density at radius 1 is 1.29 bits per heavy atom. The number of amides is 1. The number of carbonyl (C=O) groups excluding carboxylic acids is 1. The molecule has 1 atom stereocenters. The van der Waals surface area contributed by atoms with Crippen molar-refractivity contribution in [2.45, 2.75) is 50.7 Å². The van der Waals surface area contributed by atoms with Gasteiger partial charge in [-0.2, -0.15) is 0 Å². The van der Waals surface area contributed by atoms with Crippen molar-refractivity contribution in [3.05, 3.63) is 35.9 Å². The molecular formula is C17H26N2O2. The van der Waals surface area contributed by atoms with Gasteiger partial charge in [-0.15, -0.1) is 0 Å². The van der Waals surface area contributed by atoms with Crippen LogP contribution in [0.3, 0.4) is 0 Å². The summed E-state index contributed by atoms with van der Waals surface area (Å²) >= 11 is 0. The summed E-state index contributed by atoms with van der Waals surface area (Å²) in [6, 6.07) is 9.65. The number of rotatable bonds is 8. The lowest BCUT2D eigenvalue weighted by Crippen LogP contribution is -2.42. The van der Waals surface area contributed by atoms with Crippen LogP contribution in [0.4, 0.5) is 0 Å². The van der Waals surface area contributed by atoms with E-state index in [1.54, 1.807) is 0 Å². The van der Waals surface area contributed by atoms with E-state index in [0.29, 0.717) is 25.7 Å². The maximum atomic E-state index is 11.9. The maximum Gasteiger partial charge on any atom is 0.237 e. The average Bonchev–Trinajstić information content (AvgIpc) is 3.03. The van der Waals surface area contributed by atoms with Crippen molar-refractivity contribution in [2.75, 3.05) is 13.2 Å². The highest BCUT2D eigenvalue weighted by molar-refractivity contribution is 5.81. The molecule has 1 aliphatic rings. The molecule has 0 aromatic heterocycles. The lowest BCUT2D eigenvalue weighted by Gasteiger charge is -2.14. The third-order valence-corrected chi connectivity index (χ3v) is 3.98. The van der Waals surface area contributed by atoms with Gasteiger partial charge in [0.15, 0.2) is 0 Å². The maximum absolute atomic E-state index is 11.9. The molecule has 1 amide bonds. The first-order valence-electron chi connectivity index (χ1n) is 7.94. The first-order chi connectivity index (χ1) is 10.3. The third kappa shape index (κ3) is 5.86. The van der Waals surface area contributed by atoms with Gasteiger partial charge in [-0.05, 0) is 31.2 Å². The van der Waals surface area contributed by atoms with Crippen molar-refractivity contribution in [3.8, 4) is 0 Å². The van der Waals surface area contributed by atoms with E-state index in [4.69, 9.17) is 10.5 Å². The molecule has 1 saturated carbocycles. The Bertz CT molecular complexity index is 416. The predicted octanol–water partition coefficient (Wildman–Crippen LogP) is 2.02. The zero-order valence-electron chi connectivity index (χ0n) is 12.6. The molecule has 116 valence electrons. The highest BCUT2D eigenvalue weighted by atomic mass is 16.5. The lowest BCUT2D eigenvalue weighted by atomic mass is 10.1. The van der Waals surface area contributed by atoms with Crippen molar-refractivity contribution in [3.63, 3.8) is 0 Å². The monoisotopic (exact) mass is 290 g/mol. The minimum Gasteiger partial charge on any atom is -0.376 e. The minimum absolute atomic E-state index is 0.0825. The second-order valence-electron chi connectivity index (χ2n) is 5.70. The molecule has 4 nitrogen and oxygen atoms in total. The van der Waals surface area contributed by atoms with Crippen LogP contribution in [0.1, 0.15) is 37.7 Å². The van der Waals surface area contributed by atoms with E-state index in [0.717, 1.165) is 19.3 Å². The predicted molar refractivity (Wildman–Crippen MR) is 84.0 cm³/mol. The van der Waals surface area contributed by atoms with Crippen LogP contribution in [0.15, 0.2) is 30.3 Å². The molecule has 1 aromatic rings. The van der Waals surface area contributed by atoms with Crippen LogP contribution in [0.25, 0.3) is 0 Å². The van der Waals surface area contributed by atoms with Gasteiger partial charge in [0.05, 0.1) is 18.8 Å². The van der Waals surface area contributed by atoms with Gasteiger partial charge in [0.25, 0.3) is 0 Å². The van der Waals surface area contributed by atoms with E-state index in [-0.39, 0.29) is 5.91 Å². The summed E-state index contributed by atoms with van der Waals surface area (Å²) in [5.74, 6) is -0.0825. The van der Waals surface area contributed by atoms with Crippen molar-refractivity contribution in [1.82, 2.24) is 5.32 Å². The zero-order chi connectivity index (χ0) is 14.9. The molecular weight excluding hydrogens is 264 g/mol. The van der Waals surface area contributed by atoms with E-state index in [1.807, 2.05) is 18.2 Å². The molecule has 2 rings (SSSR count). The standard InChI is InChI=1S/C17H26N2O2/c18-16(11-10-14-6-2-1-3-7-14)17(20)19-12-13-21-15-8-4-5-9-15/h1-3,6-7,15-16H,4-5,8-13,18H2,(H,19,20)/t16-/m0/s1. The van der Waals surface area contributed by atoms with Gasteiger partial charge in [-0.3, -0.25) is 4.79 Å². The molecule has 3 N–H and O–H groups in total. The fraction of sp³-hybridized carbons (Fsp3) is 0.588. The lowest BCUT2D eigenvalue weighted by molar-refractivity contribution is -0.122. The molecule has 0 spiro atoms. The average molecular weight is 290 g/mol. The van der Waals surface area contributed by atoms with E-state index < -0.39 is 6.04 Å². The summed E-state index contributed by atoms with van der Waals surface area (Å²) in [7, 11) is 0. The Morgan fingerprint density at radius 3 is 2.71 bits per heavy atom. The summed E-state index contributed by atoms with van der Waals surface area (Å²) in [5, 5.41) is 2.85. The number of benzene rings is 1. The molecule has 0 unspecified atom stereocenters. The molecule has 0 bridgehead atoms. The van der Waals surface area contributed by atoms with Gasteiger partial charge < -0.3 is 15.8 Å². The van der Waals surface area contributed by atoms with Gasteiger partial charge in [0.2, 0.25) is 5.91 Å². The number of carbonyl (C=O) groups is 1. The molecule has 1 aliphatic carbocycles. The zero-order valence-corrected chi connectivity index (χ0v) is 12.6. The summed E-state index contributed by atoms with van der Waals surface area (Å²) in [5.41, 5.74) is 7.13. The van der Waals surface area contributed by atoms with E-state index in [1.165, 1.54) is 18.4 Å². The van der Waals surface area contributed by atoms with Gasteiger partial charge in [0, 0.05) is 6.54 Å². The molecule has 0 heterocycles. The number of ether oxygens (including phenoxy) is 1. The second-order valence-corrected chi connectivity index (χ2v) is 5.70. The number of aryl methyl sites for hydroxylation is 1. The quantitative estimate of drug-likeness (QED) is 0.720. The second kappa shape index (κ2) is 8.80. The number of hydrogen-bond acceptors (Lipinski definition) is 3. The molecule has 21 heavy (non-hydrogen) atoms. The van der Waals surface area contributed by atoms with Crippen LogP contribution in [-0.2, 0) is 16.0 Å². The molecule has 0 radical (unpaired) electrons. The Morgan fingerprint density at radius 2 is 2.00 bits per heavy atom. The summed E-state index contributed by atoms with van der Waals surface area (Å²) in [6.45, 7) is 1.14. The Hall–Kier alpha value is -1.39. The highest BCUT2D eigenvalue weighted by Crippen LogP contribution is 2.20. The molecule has 1 fully saturated rings. The minimum atomic E-state index is -0.448. The van der Waals surface area contributed by atoms with Crippen molar-refractivity contribution < 1.29 is 9.53 Å². The smallest absolute Gasteiger partial charge is 0.237 e. The topological polar surface area (TPSA) is 64.4 Å². The molecule has 0 saturated heterocycles. The fourth-order valence-corrected chi connectivity index (χ4v) is 2.68. The van der Waals surface area contributed by atoms with Crippen molar-refractivity contribution in [1.29, 1.82) is 0 Å². The first kappa shape index (κ1) is 16.0. The Balaban J connectivity index is 1.56. The largest absolute Gasteiger partial charge is 0.376 e. The summed E-state index contributed by atoms with van der Waals surface area (Å²) < 4.78 is 5.71. The van der Waals surface area contributed by atoms with Crippen LogP contribution >= 0.6 is 0 Å². The van der Waals surface area contributed by atoms with Crippen LogP contribution in [-0.4, -0.2) is 31.2 Å². The van der Waals surface area contributed by atoms with Crippen LogP contribution < -0.4 is 11.1 Å². The van der Waals surface area contributed by atoms with Crippen molar-refractivity contribution in [2.24, 2.45) is 5.73 Å². The van der Waals surface area contributed by atoms with E-state index in [9.17, 15) is 4.79 Å². The highest BCUT2D eigenvalue weighted by Gasteiger charge is 2.16. The SMILES string of the molecule is N[C@@H](CCc1ccccc1)C(=O)NCCOC1CCCC1. The van der Waals surface area contributed by atoms with Gasteiger partial charge in [0.1, 0.15) is 0 Å². The molecule has 4 heteroatoms. The first-order valence-corrected chi connectivity index (χ1v) is 7.94. The Labute approximate surface area is 127 Å². The normalized spacial score (nSPS) is 16.8. The van der Waals surface area contributed by atoms with Gasteiger partial charge in [-0.25, -0.2) is 0 Å². The van der Waals surface area contributed by atoms with E-state index >= 15 is 0 Å². The number of nitrogens with one attached hydrogen (secondary N) is 1. The molecule has 0 aliphatic heterocycles. The van der Waals surface area contributed by atoms with Crippen LogP contribution in [0, 0.1) is 0 Å². The van der Waals surface area contributed by atoms with Gasteiger partial charge in [-0.1, -0.05) is 43.2 Å². The van der Waals surface area contributed by atoms with Gasteiger partial charge >= 0.3 is 0 Å². The van der Waals surface area contributed by atoms with E-state index in [2.05, 4.69) is 17.4 Å². The summed E-state index contributed by atoms with van der Waals surface area (Å²) in [6.07, 6.45) is 6.74. The Kier molecular flexibility index (Phi) is 6.70. The fourth-order valence-electron chi connectivity index (χ4n) is 2.68. The van der Waals surface area contributed by atoms with Crippen LogP contribution in [0.5, 0.6) is 0 Å². The number of hydrogen-bond donors (Lipinski definition) is 2. The van der Waals surface area contributed by atoms with Crippen molar-refractivity contribution >= 4 is 5.91 Å².